The van der Waals surface area contributed by atoms with Crippen LogP contribution in [0.3, 0.4) is 0 Å². The molecule has 4 nitrogen and oxygen atoms in total. The third-order valence-corrected chi connectivity index (χ3v) is 2.52. The molecule has 1 aromatic carbocycles. The van der Waals surface area contributed by atoms with Crippen molar-refractivity contribution in [3.63, 3.8) is 0 Å². The van der Waals surface area contributed by atoms with E-state index in [2.05, 4.69) is 6.92 Å². The zero-order valence-corrected chi connectivity index (χ0v) is 12.2. The number of carbonyl (C=O) groups excluding carboxylic acids is 1. The summed E-state index contributed by atoms with van der Waals surface area (Å²) in [6, 6.07) is 5.33. The Morgan fingerprint density at radius 3 is 2.16 bits per heavy atom. The van der Waals surface area contributed by atoms with Crippen LogP contribution in [0.5, 0.6) is 11.5 Å². The topological polar surface area (TPSA) is 38.8 Å². The van der Waals surface area contributed by atoms with E-state index in [0.29, 0.717) is 30.3 Å². The highest BCUT2D eigenvalue weighted by molar-refractivity contribution is 5.94. The standard InChI is InChI=1S/C15H23NO3/c1-5-9-18-13-8-7-12(15(17)16(3)4)11-14(13)19-10-6-2/h7-8,11H,5-6,9-10H2,1-4H3. The van der Waals surface area contributed by atoms with Crippen LogP contribution in [0.4, 0.5) is 0 Å². The van der Waals surface area contributed by atoms with Gasteiger partial charge < -0.3 is 14.4 Å². The van der Waals surface area contributed by atoms with E-state index in [1.165, 1.54) is 0 Å². The van der Waals surface area contributed by atoms with Crippen LogP contribution in [-0.4, -0.2) is 38.1 Å². The van der Waals surface area contributed by atoms with Gasteiger partial charge in [-0.05, 0) is 31.0 Å². The fourth-order valence-electron chi connectivity index (χ4n) is 1.56. The molecule has 1 rings (SSSR count). The monoisotopic (exact) mass is 265 g/mol. The average molecular weight is 265 g/mol. The van der Waals surface area contributed by atoms with Gasteiger partial charge in [-0.3, -0.25) is 4.79 Å². The second-order valence-corrected chi connectivity index (χ2v) is 4.56. The molecule has 0 aromatic heterocycles. The Labute approximate surface area is 115 Å². The molecule has 0 unspecified atom stereocenters. The summed E-state index contributed by atoms with van der Waals surface area (Å²) in [7, 11) is 3.47. The number of carbonyl (C=O) groups is 1. The van der Waals surface area contributed by atoms with E-state index >= 15 is 0 Å². The predicted molar refractivity (Wildman–Crippen MR) is 76.0 cm³/mol. The second kappa shape index (κ2) is 7.67. The molecule has 0 fully saturated rings. The number of rotatable bonds is 7. The lowest BCUT2D eigenvalue weighted by atomic mass is 10.2. The molecule has 0 aliphatic heterocycles. The molecule has 0 heterocycles. The maximum absolute atomic E-state index is 11.9. The van der Waals surface area contributed by atoms with Crippen molar-refractivity contribution in [3.05, 3.63) is 23.8 Å². The van der Waals surface area contributed by atoms with Gasteiger partial charge in [-0.1, -0.05) is 13.8 Å². The highest BCUT2D eigenvalue weighted by Gasteiger charge is 2.13. The van der Waals surface area contributed by atoms with Gasteiger partial charge >= 0.3 is 0 Å². The summed E-state index contributed by atoms with van der Waals surface area (Å²) in [5.74, 6) is 1.30. The SMILES string of the molecule is CCCOc1ccc(C(=O)N(C)C)cc1OCCC. The van der Waals surface area contributed by atoms with Crippen LogP contribution in [-0.2, 0) is 0 Å². The van der Waals surface area contributed by atoms with Gasteiger partial charge in [-0.2, -0.15) is 0 Å². The van der Waals surface area contributed by atoms with Gasteiger partial charge in [0.25, 0.3) is 5.91 Å². The van der Waals surface area contributed by atoms with Crippen LogP contribution in [0.25, 0.3) is 0 Å². The molecule has 0 saturated carbocycles. The maximum atomic E-state index is 11.9. The van der Waals surface area contributed by atoms with Crippen LogP contribution in [0.2, 0.25) is 0 Å². The third kappa shape index (κ3) is 4.47. The Kier molecular flexibility index (Phi) is 6.19. The molecule has 0 aliphatic rings. The number of hydrogen-bond donors (Lipinski definition) is 0. The lowest BCUT2D eigenvalue weighted by molar-refractivity contribution is 0.0827. The molecule has 0 atom stereocenters. The third-order valence-electron chi connectivity index (χ3n) is 2.52. The Balaban J connectivity index is 2.96. The zero-order valence-electron chi connectivity index (χ0n) is 12.2. The molecule has 0 aliphatic carbocycles. The minimum atomic E-state index is -0.0385. The summed E-state index contributed by atoms with van der Waals surface area (Å²) in [5.41, 5.74) is 0.611. The second-order valence-electron chi connectivity index (χ2n) is 4.56. The van der Waals surface area contributed by atoms with Crippen molar-refractivity contribution in [3.8, 4) is 11.5 Å². The van der Waals surface area contributed by atoms with Gasteiger partial charge in [0, 0.05) is 19.7 Å². The minimum Gasteiger partial charge on any atom is -0.490 e. The minimum absolute atomic E-state index is 0.0385. The maximum Gasteiger partial charge on any atom is 0.253 e. The molecule has 0 spiro atoms. The van der Waals surface area contributed by atoms with Gasteiger partial charge in [0.15, 0.2) is 11.5 Å². The highest BCUT2D eigenvalue weighted by Crippen LogP contribution is 2.29. The summed E-state index contributed by atoms with van der Waals surface area (Å²) in [4.78, 5) is 13.5. The Morgan fingerprint density at radius 2 is 1.63 bits per heavy atom. The van der Waals surface area contributed by atoms with Gasteiger partial charge in [-0.15, -0.1) is 0 Å². The van der Waals surface area contributed by atoms with Gasteiger partial charge in [0.2, 0.25) is 0 Å². The summed E-state index contributed by atoms with van der Waals surface area (Å²) in [6.07, 6.45) is 1.85. The van der Waals surface area contributed by atoms with Gasteiger partial charge in [0.05, 0.1) is 13.2 Å². The molecule has 4 heteroatoms. The smallest absolute Gasteiger partial charge is 0.253 e. The molecule has 0 bridgehead atoms. The summed E-state index contributed by atoms with van der Waals surface area (Å²) < 4.78 is 11.3. The first-order chi connectivity index (χ1) is 9.10. The molecule has 19 heavy (non-hydrogen) atoms. The zero-order chi connectivity index (χ0) is 14.3. The summed E-state index contributed by atoms with van der Waals surface area (Å²) in [5, 5.41) is 0. The highest BCUT2D eigenvalue weighted by atomic mass is 16.5. The molecule has 1 amide bonds. The fraction of sp³-hybridized carbons (Fsp3) is 0.533. The fourth-order valence-corrected chi connectivity index (χ4v) is 1.56. The first-order valence-electron chi connectivity index (χ1n) is 6.71. The Bertz CT molecular complexity index is 416. The number of amides is 1. The predicted octanol–water partition coefficient (Wildman–Crippen LogP) is 2.97. The van der Waals surface area contributed by atoms with Crippen molar-refractivity contribution >= 4 is 5.91 Å². The average Bonchev–Trinajstić information content (AvgIpc) is 2.42. The van der Waals surface area contributed by atoms with E-state index < -0.39 is 0 Å². The van der Waals surface area contributed by atoms with Crippen molar-refractivity contribution in [2.45, 2.75) is 26.7 Å². The molecule has 106 valence electrons. The number of benzene rings is 1. The Hall–Kier alpha value is -1.71. The van der Waals surface area contributed by atoms with Crippen molar-refractivity contribution in [2.24, 2.45) is 0 Å². The van der Waals surface area contributed by atoms with E-state index in [4.69, 9.17) is 9.47 Å². The van der Waals surface area contributed by atoms with E-state index in [0.717, 1.165) is 12.8 Å². The lowest BCUT2D eigenvalue weighted by Crippen LogP contribution is -2.21. The number of nitrogens with zero attached hydrogens (tertiary/aromatic N) is 1. The van der Waals surface area contributed by atoms with Crippen molar-refractivity contribution in [2.75, 3.05) is 27.3 Å². The molecule has 0 saturated heterocycles. The lowest BCUT2D eigenvalue weighted by Gasteiger charge is -2.15. The summed E-state index contributed by atoms with van der Waals surface area (Å²) >= 11 is 0. The van der Waals surface area contributed by atoms with Crippen molar-refractivity contribution in [1.82, 2.24) is 4.90 Å². The molecular formula is C15H23NO3. The largest absolute Gasteiger partial charge is 0.490 e. The normalized spacial score (nSPS) is 10.1. The molecule has 0 radical (unpaired) electrons. The van der Waals surface area contributed by atoms with Gasteiger partial charge in [0.1, 0.15) is 0 Å². The van der Waals surface area contributed by atoms with E-state index in [1.54, 1.807) is 37.2 Å². The van der Waals surface area contributed by atoms with Crippen LogP contribution < -0.4 is 9.47 Å². The molecule has 0 N–H and O–H groups in total. The first kappa shape index (κ1) is 15.3. The van der Waals surface area contributed by atoms with Crippen LogP contribution >= 0.6 is 0 Å². The number of ether oxygens (including phenoxy) is 2. The molecule has 1 aromatic rings. The Morgan fingerprint density at radius 1 is 1.05 bits per heavy atom. The van der Waals surface area contributed by atoms with E-state index in [9.17, 15) is 4.79 Å². The van der Waals surface area contributed by atoms with Gasteiger partial charge in [-0.25, -0.2) is 0 Å². The first-order valence-corrected chi connectivity index (χ1v) is 6.71. The quantitative estimate of drug-likeness (QED) is 0.761. The van der Waals surface area contributed by atoms with E-state index in [1.807, 2.05) is 6.92 Å². The van der Waals surface area contributed by atoms with Crippen LogP contribution in [0, 0.1) is 0 Å². The van der Waals surface area contributed by atoms with Crippen LogP contribution in [0.15, 0.2) is 18.2 Å². The van der Waals surface area contributed by atoms with Crippen molar-refractivity contribution < 1.29 is 14.3 Å². The van der Waals surface area contributed by atoms with Crippen LogP contribution in [0.1, 0.15) is 37.0 Å². The van der Waals surface area contributed by atoms with E-state index in [-0.39, 0.29) is 5.91 Å². The summed E-state index contributed by atoms with van der Waals surface area (Å²) in [6.45, 7) is 5.35. The number of hydrogen-bond acceptors (Lipinski definition) is 3. The van der Waals surface area contributed by atoms with Crippen molar-refractivity contribution in [1.29, 1.82) is 0 Å². The molecular weight excluding hydrogens is 242 g/mol.